The van der Waals surface area contributed by atoms with E-state index in [1.54, 1.807) is 42.5 Å². The lowest BCUT2D eigenvalue weighted by Crippen LogP contribution is -2.30. The molecule has 1 heterocycles. The average molecular weight is 434 g/mol. The summed E-state index contributed by atoms with van der Waals surface area (Å²) in [5.41, 5.74) is 12.8. The van der Waals surface area contributed by atoms with Gasteiger partial charge in [0.2, 0.25) is 0 Å². The fourth-order valence-electron chi connectivity index (χ4n) is 2.09. The van der Waals surface area contributed by atoms with Crippen molar-refractivity contribution in [3.8, 4) is 0 Å². The Kier molecular flexibility index (Phi) is 5.55. The second kappa shape index (κ2) is 8.03. The van der Waals surface area contributed by atoms with Crippen molar-refractivity contribution in [1.82, 2.24) is 15.4 Å². The lowest BCUT2D eigenvalue weighted by atomic mass is 10.2. The first-order valence-electron chi connectivity index (χ1n) is 7.48. The Balaban J connectivity index is 1.70. The molecular weight excluding hydrogens is 420 g/mol. The molecular formula is C17H14BrClN6O. The highest BCUT2D eigenvalue weighted by Crippen LogP contribution is 2.26. The SMILES string of the molecule is Nc1c(NNC(=O)c2ccc(Br)cc2)ncnc1Nc1cccc(Cl)c1. The van der Waals surface area contributed by atoms with Crippen LogP contribution >= 0.6 is 27.5 Å². The maximum atomic E-state index is 12.2. The van der Waals surface area contributed by atoms with Gasteiger partial charge in [-0.25, -0.2) is 9.97 Å². The van der Waals surface area contributed by atoms with Gasteiger partial charge < -0.3 is 11.1 Å². The molecule has 0 aliphatic rings. The molecule has 7 nitrogen and oxygen atoms in total. The molecule has 0 bridgehead atoms. The Hall–Kier alpha value is -2.84. The second-order valence-electron chi connectivity index (χ2n) is 5.21. The number of hydrogen-bond donors (Lipinski definition) is 4. The molecule has 0 saturated heterocycles. The highest BCUT2D eigenvalue weighted by atomic mass is 79.9. The molecule has 0 saturated carbocycles. The molecule has 2 aromatic carbocycles. The third kappa shape index (κ3) is 4.41. The van der Waals surface area contributed by atoms with Crippen LogP contribution < -0.4 is 21.9 Å². The van der Waals surface area contributed by atoms with Crippen LogP contribution in [0.2, 0.25) is 5.02 Å². The maximum Gasteiger partial charge on any atom is 0.269 e. The molecule has 0 atom stereocenters. The number of rotatable bonds is 5. The number of nitrogens with one attached hydrogen (secondary N) is 3. The van der Waals surface area contributed by atoms with Gasteiger partial charge in [-0.2, -0.15) is 0 Å². The number of nitrogens with two attached hydrogens (primary N) is 1. The number of hydrogen-bond acceptors (Lipinski definition) is 6. The van der Waals surface area contributed by atoms with Crippen LogP contribution in [0.25, 0.3) is 0 Å². The predicted octanol–water partition coefficient (Wildman–Crippen LogP) is 3.98. The van der Waals surface area contributed by atoms with Gasteiger partial charge in [-0.15, -0.1) is 0 Å². The van der Waals surface area contributed by atoms with Crippen molar-refractivity contribution in [2.24, 2.45) is 0 Å². The van der Waals surface area contributed by atoms with Gasteiger partial charge in [0.1, 0.15) is 12.0 Å². The quantitative estimate of drug-likeness (QED) is 0.454. The van der Waals surface area contributed by atoms with Crippen LogP contribution in [0.5, 0.6) is 0 Å². The van der Waals surface area contributed by atoms with Crippen molar-refractivity contribution in [3.05, 3.63) is 69.9 Å². The van der Waals surface area contributed by atoms with Crippen molar-refractivity contribution in [3.63, 3.8) is 0 Å². The van der Waals surface area contributed by atoms with Crippen LogP contribution in [0, 0.1) is 0 Å². The van der Waals surface area contributed by atoms with Gasteiger partial charge >= 0.3 is 0 Å². The van der Waals surface area contributed by atoms with Gasteiger partial charge in [0.25, 0.3) is 5.91 Å². The Labute approximate surface area is 163 Å². The molecule has 132 valence electrons. The molecule has 9 heteroatoms. The summed E-state index contributed by atoms with van der Waals surface area (Å²) in [6.07, 6.45) is 1.33. The van der Waals surface area contributed by atoms with Gasteiger partial charge in [0.15, 0.2) is 11.6 Å². The molecule has 0 radical (unpaired) electrons. The number of aromatic nitrogens is 2. The highest BCUT2D eigenvalue weighted by Gasteiger charge is 2.10. The van der Waals surface area contributed by atoms with E-state index in [0.717, 1.165) is 10.2 Å². The van der Waals surface area contributed by atoms with Crippen molar-refractivity contribution in [2.75, 3.05) is 16.5 Å². The Morgan fingerprint density at radius 2 is 1.81 bits per heavy atom. The van der Waals surface area contributed by atoms with Crippen molar-refractivity contribution >= 4 is 56.4 Å². The molecule has 5 N–H and O–H groups in total. The first-order valence-corrected chi connectivity index (χ1v) is 8.65. The van der Waals surface area contributed by atoms with E-state index in [-0.39, 0.29) is 17.4 Å². The van der Waals surface area contributed by atoms with Crippen LogP contribution in [0.15, 0.2) is 59.3 Å². The van der Waals surface area contributed by atoms with Gasteiger partial charge in [-0.05, 0) is 42.5 Å². The normalized spacial score (nSPS) is 10.2. The summed E-state index contributed by atoms with van der Waals surface area (Å²) in [6.45, 7) is 0. The summed E-state index contributed by atoms with van der Waals surface area (Å²) >= 11 is 9.29. The standard InChI is InChI=1S/C17H14BrClN6O/c18-11-6-4-10(5-7-11)17(26)25-24-16-14(20)15(21-9-22-16)23-13-3-1-2-12(19)8-13/h1-9H,20H2,(H,25,26)(H2,21,22,23,24). The predicted molar refractivity (Wildman–Crippen MR) is 106 cm³/mol. The van der Waals surface area contributed by atoms with Crippen molar-refractivity contribution in [2.45, 2.75) is 0 Å². The van der Waals surface area contributed by atoms with Crippen molar-refractivity contribution in [1.29, 1.82) is 0 Å². The first-order chi connectivity index (χ1) is 12.5. The molecule has 0 spiro atoms. The van der Waals surface area contributed by atoms with Crippen LogP contribution in [0.3, 0.4) is 0 Å². The number of benzene rings is 2. The molecule has 0 unspecified atom stereocenters. The third-order valence-electron chi connectivity index (χ3n) is 3.37. The summed E-state index contributed by atoms with van der Waals surface area (Å²) in [5.74, 6) is 0.345. The summed E-state index contributed by atoms with van der Waals surface area (Å²) in [5, 5.41) is 3.65. The van der Waals surface area contributed by atoms with E-state index in [1.807, 2.05) is 6.07 Å². The topological polar surface area (TPSA) is 105 Å². The van der Waals surface area contributed by atoms with E-state index in [2.05, 4.69) is 42.1 Å². The van der Waals surface area contributed by atoms with Gasteiger partial charge in [0, 0.05) is 20.7 Å². The lowest BCUT2D eigenvalue weighted by molar-refractivity contribution is 0.0962. The van der Waals surface area contributed by atoms with Crippen LogP contribution in [0.4, 0.5) is 23.0 Å². The van der Waals surface area contributed by atoms with E-state index in [0.29, 0.717) is 16.4 Å². The fourth-order valence-corrected chi connectivity index (χ4v) is 2.54. The summed E-state index contributed by atoms with van der Waals surface area (Å²) < 4.78 is 0.888. The molecule has 0 fully saturated rings. The number of carbonyl (C=O) groups is 1. The largest absolute Gasteiger partial charge is 0.393 e. The van der Waals surface area contributed by atoms with Gasteiger partial charge in [-0.3, -0.25) is 15.6 Å². The van der Waals surface area contributed by atoms with Crippen molar-refractivity contribution < 1.29 is 4.79 Å². The number of carbonyl (C=O) groups excluding carboxylic acids is 1. The molecule has 3 aromatic rings. The van der Waals surface area contributed by atoms with Gasteiger partial charge in [0.05, 0.1) is 0 Å². The first kappa shape index (κ1) is 18.0. The number of nitrogens with zero attached hydrogens (tertiary/aromatic N) is 2. The zero-order valence-corrected chi connectivity index (χ0v) is 15.7. The highest BCUT2D eigenvalue weighted by molar-refractivity contribution is 9.10. The van der Waals surface area contributed by atoms with E-state index < -0.39 is 0 Å². The maximum absolute atomic E-state index is 12.2. The lowest BCUT2D eigenvalue weighted by Gasteiger charge is -2.13. The average Bonchev–Trinajstić information content (AvgIpc) is 2.63. The minimum Gasteiger partial charge on any atom is -0.393 e. The fraction of sp³-hybridized carbons (Fsp3) is 0. The van der Waals surface area contributed by atoms with Crippen LogP contribution in [-0.4, -0.2) is 15.9 Å². The minimum atomic E-state index is -0.320. The molecule has 26 heavy (non-hydrogen) atoms. The molecule has 3 rings (SSSR count). The Morgan fingerprint density at radius 1 is 1.08 bits per heavy atom. The Morgan fingerprint density at radius 3 is 2.54 bits per heavy atom. The van der Waals surface area contributed by atoms with E-state index in [1.165, 1.54) is 6.33 Å². The smallest absolute Gasteiger partial charge is 0.269 e. The van der Waals surface area contributed by atoms with Crippen LogP contribution in [0.1, 0.15) is 10.4 Å². The summed E-state index contributed by atoms with van der Waals surface area (Å²) in [4.78, 5) is 20.3. The van der Waals surface area contributed by atoms with Crippen LogP contribution in [-0.2, 0) is 0 Å². The number of halogens is 2. The minimum absolute atomic E-state index is 0.253. The number of amides is 1. The number of anilines is 4. The van der Waals surface area contributed by atoms with E-state index in [9.17, 15) is 4.79 Å². The van der Waals surface area contributed by atoms with Gasteiger partial charge in [-0.1, -0.05) is 33.6 Å². The van der Waals surface area contributed by atoms with E-state index in [4.69, 9.17) is 17.3 Å². The third-order valence-corrected chi connectivity index (χ3v) is 4.14. The molecule has 1 amide bonds. The second-order valence-corrected chi connectivity index (χ2v) is 6.56. The number of nitrogen functional groups attached to an aromatic ring is 1. The number of hydrazine groups is 1. The van der Waals surface area contributed by atoms with E-state index >= 15 is 0 Å². The zero-order valence-electron chi connectivity index (χ0n) is 13.3. The summed E-state index contributed by atoms with van der Waals surface area (Å²) in [7, 11) is 0. The summed E-state index contributed by atoms with van der Waals surface area (Å²) in [6, 6.07) is 14.1. The molecule has 0 aliphatic heterocycles. The monoisotopic (exact) mass is 432 g/mol. The molecule has 0 aliphatic carbocycles. The Bertz CT molecular complexity index is 935. The molecule has 1 aromatic heterocycles. The zero-order chi connectivity index (χ0) is 18.5.